The van der Waals surface area contributed by atoms with Gasteiger partial charge in [0.05, 0.1) is 18.3 Å². The van der Waals surface area contributed by atoms with Gasteiger partial charge < -0.3 is 10.1 Å². The van der Waals surface area contributed by atoms with Gasteiger partial charge in [-0.1, -0.05) is 56.0 Å². The summed E-state index contributed by atoms with van der Waals surface area (Å²) in [6, 6.07) is 10.1. The molecule has 0 radical (unpaired) electrons. The van der Waals surface area contributed by atoms with Crippen molar-refractivity contribution in [2.45, 2.75) is 64.1 Å². The average molecular weight is 369 g/mol. The summed E-state index contributed by atoms with van der Waals surface area (Å²) in [4.78, 5) is 24.6. The first-order valence-corrected chi connectivity index (χ1v) is 9.69. The molecule has 1 aromatic carbocycles. The van der Waals surface area contributed by atoms with E-state index in [2.05, 4.69) is 10.4 Å². The molecule has 6 heteroatoms. The topological polar surface area (TPSA) is 73.2 Å². The van der Waals surface area contributed by atoms with Crippen LogP contribution in [0.5, 0.6) is 0 Å². The Morgan fingerprint density at radius 2 is 1.89 bits per heavy atom. The van der Waals surface area contributed by atoms with E-state index in [1.165, 1.54) is 19.0 Å². The molecule has 1 aromatic heterocycles. The summed E-state index contributed by atoms with van der Waals surface area (Å²) < 4.78 is 7.01. The molecule has 0 bridgehead atoms. The third-order valence-electron chi connectivity index (χ3n) is 4.91. The molecule has 1 heterocycles. The predicted molar refractivity (Wildman–Crippen MR) is 102 cm³/mol. The van der Waals surface area contributed by atoms with Gasteiger partial charge in [0, 0.05) is 12.2 Å². The van der Waals surface area contributed by atoms with Crippen molar-refractivity contribution < 1.29 is 14.3 Å². The number of benzene rings is 1. The Hall–Kier alpha value is -2.63. The Balaban J connectivity index is 1.51. The van der Waals surface area contributed by atoms with Gasteiger partial charge in [-0.05, 0) is 25.3 Å². The van der Waals surface area contributed by atoms with Crippen molar-refractivity contribution in [3.63, 3.8) is 0 Å². The highest BCUT2D eigenvalue weighted by Gasteiger charge is 2.23. The minimum atomic E-state index is -0.821. The van der Waals surface area contributed by atoms with E-state index in [1.54, 1.807) is 17.8 Å². The average Bonchev–Trinajstić information content (AvgIpc) is 2.98. The first-order chi connectivity index (χ1) is 13.1. The van der Waals surface area contributed by atoms with Crippen LogP contribution >= 0.6 is 0 Å². The molecule has 2 aromatic rings. The van der Waals surface area contributed by atoms with Crippen LogP contribution in [-0.2, 0) is 16.1 Å². The Bertz CT molecular complexity index is 749. The van der Waals surface area contributed by atoms with Gasteiger partial charge in [-0.3, -0.25) is 9.48 Å². The second-order valence-electron chi connectivity index (χ2n) is 7.16. The number of rotatable bonds is 6. The number of hydrogen-bond acceptors (Lipinski definition) is 4. The van der Waals surface area contributed by atoms with Crippen molar-refractivity contribution >= 4 is 11.9 Å². The van der Waals surface area contributed by atoms with Gasteiger partial charge in [-0.25, -0.2) is 4.79 Å². The number of nitrogens with zero attached hydrogens (tertiary/aromatic N) is 2. The summed E-state index contributed by atoms with van der Waals surface area (Å²) in [6.07, 6.45) is 9.02. The van der Waals surface area contributed by atoms with Gasteiger partial charge >= 0.3 is 5.97 Å². The zero-order valence-electron chi connectivity index (χ0n) is 15.8. The van der Waals surface area contributed by atoms with Crippen molar-refractivity contribution in [1.82, 2.24) is 15.1 Å². The van der Waals surface area contributed by atoms with E-state index in [0.717, 1.165) is 31.2 Å². The van der Waals surface area contributed by atoms with Crippen LogP contribution in [-0.4, -0.2) is 33.8 Å². The van der Waals surface area contributed by atoms with Crippen LogP contribution in [0.4, 0.5) is 0 Å². The molecule has 1 atom stereocenters. The van der Waals surface area contributed by atoms with Crippen LogP contribution < -0.4 is 5.32 Å². The monoisotopic (exact) mass is 369 g/mol. The first kappa shape index (κ1) is 19.1. The summed E-state index contributed by atoms with van der Waals surface area (Å²) >= 11 is 0. The molecule has 1 saturated carbocycles. The molecule has 1 N–H and O–H groups in total. The van der Waals surface area contributed by atoms with Crippen LogP contribution in [0.25, 0.3) is 0 Å². The van der Waals surface area contributed by atoms with Gasteiger partial charge in [-0.2, -0.15) is 5.10 Å². The lowest BCUT2D eigenvalue weighted by Crippen LogP contribution is -2.41. The van der Waals surface area contributed by atoms with Crippen molar-refractivity contribution in [2.24, 2.45) is 0 Å². The van der Waals surface area contributed by atoms with Gasteiger partial charge in [-0.15, -0.1) is 0 Å². The lowest BCUT2D eigenvalue weighted by molar-refractivity contribution is -0.129. The highest BCUT2D eigenvalue weighted by atomic mass is 16.5. The number of ether oxygens (including phenoxy) is 1. The summed E-state index contributed by atoms with van der Waals surface area (Å²) in [7, 11) is 0. The number of amides is 1. The summed E-state index contributed by atoms with van der Waals surface area (Å²) in [5.74, 6) is -0.759. The molecule has 27 heavy (non-hydrogen) atoms. The highest BCUT2D eigenvalue weighted by molar-refractivity contribution is 5.91. The van der Waals surface area contributed by atoms with Crippen molar-refractivity contribution in [2.75, 3.05) is 0 Å². The van der Waals surface area contributed by atoms with E-state index in [9.17, 15) is 9.59 Å². The van der Waals surface area contributed by atoms with E-state index in [1.807, 2.05) is 30.3 Å². The zero-order valence-corrected chi connectivity index (χ0v) is 15.8. The number of esters is 1. The number of nitrogens with one attached hydrogen (secondary N) is 1. The number of carbonyl (C=O) groups is 2. The molecule has 144 valence electrons. The van der Waals surface area contributed by atoms with E-state index < -0.39 is 12.1 Å². The van der Waals surface area contributed by atoms with E-state index in [-0.39, 0.29) is 11.9 Å². The Morgan fingerprint density at radius 1 is 1.19 bits per heavy atom. The molecular formula is C21H27N3O3. The standard InChI is InChI=1S/C21H27N3O3/c1-16(20(25)23-19-11-7-2-3-8-12-19)27-21(26)18-13-22-24(15-18)14-17-9-5-4-6-10-17/h4-6,9-10,13,15-16,19H,2-3,7-8,11-12,14H2,1H3,(H,23,25)/t16-/m1/s1. The van der Waals surface area contributed by atoms with Gasteiger partial charge in [0.2, 0.25) is 0 Å². The molecule has 0 unspecified atom stereocenters. The zero-order chi connectivity index (χ0) is 19.1. The molecule has 3 rings (SSSR count). The van der Waals surface area contributed by atoms with Gasteiger partial charge in [0.1, 0.15) is 0 Å². The lowest BCUT2D eigenvalue weighted by Gasteiger charge is -2.19. The van der Waals surface area contributed by atoms with Crippen LogP contribution in [0, 0.1) is 0 Å². The van der Waals surface area contributed by atoms with Crippen molar-refractivity contribution in [3.05, 3.63) is 53.9 Å². The maximum atomic E-state index is 12.3. The fraction of sp³-hybridized carbons (Fsp3) is 0.476. The first-order valence-electron chi connectivity index (χ1n) is 9.69. The van der Waals surface area contributed by atoms with Crippen LogP contribution in [0.2, 0.25) is 0 Å². The minimum absolute atomic E-state index is 0.190. The fourth-order valence-corrected chi connectivity index (χ4v) is 3.35. The normalized spacial score (nSPS) is 16.3. The molecule has 1 amide bonds. The van der Waals surface area contributed by atoms with Crippen LogP contribution in [0.15, 0.2) is 42.7 Å². The molecule has 0 aliphatic heterocycles. The Kier molecular flexibility index (Phi) is 6.63. The SMILES string of the molecule is C[C@@H](OC(=O)c1cnn(Cc2ccccc2)c1)C(=O)NC1CCCCCC1. The third-order valence-corrected chi connectivity index (χ3v) is 4.91. The van der Waals surface area contributed by atoms with Crippen molar-refractivity contribution in [1.29, 1.82) is 0 Å². The maximum absolute atomic E-state index is 12.3. The summed E-state index contributed by atoms with van der Waals surface area (Å²) in [6.45, 7) is 2.18. The lowest BCUT2D eigenvalue weighted by atomic mass is 10.1. The van der Waals surface area contributed by atoms with Gasteiger partial charge in [0.15, 0.2) is 6.10 Å². The predicted octanol–water partition coefficient (Wildman–Crippen LogP) is 3.32. The number of carbonyl (C=O) groups excluding carboxylic acids is 2. The smallest absolute Gasteiger partial charge is 0.342 e. The van der Waals surface area contributed by atoms with Crippen molar-refractivity contribution in [3.8, 4) is 0 Å². The minimum Gasteiger partial charge on any atom is -0.449 e. The molecule has 0 saturated heterocycles. The van der Waals surface area contributed by atoms with Crippen LogP contribution in [0.1, 0.15) is 61.4 Å². The van der Waals surface area contributed by atoms with E-state index in [4.69, 9.17) is 4.74 Å². The largest absolute Gasteiger partial charge is 0.449 e. The quantitative estimate of drug-likeness (QED) is 0.626. The Morgan fingerprint density at radius 3 is 2.59 bits per heavy atom. The van der Waals surface area contributed by atoms with Crippen LogP contribution in [0.3, 0.4) is 0 Å². The number of hydrogen-bond donors (Lipinski definition) is 1. The Labute approximate surface area is 159 Å². The summed E-state index contributed by atoms with van der Waals surface area (Å²) in [5.41, 5.74) is 1.44. The summed E-state index contributed by atoms with van der Waals surface area (Å²) in [5, 5.41) is 7.22. The second-order valence-corrected chi connectivity index (χ2v) is 7.16. The second kappa shape index (κ2) is 9.35. The molecule has 1 aliphatic carbocycles. The molecular weight excluding hydrogens is 342 g/mol. The molecule has 1 aliphatic rings. The number of aromatic nitrogens is 2. The van der Waals surface area contributed by atoms with Gasteiger partial charge in [0.25, 0.3) is 5.91 Å². The molecule has 6 nitrogen and oxygen atoms in total. The van der Waals surface area contributed by atoms with E-state index >= 15 is 0 Å². The molecule has 1 fully saturated rings. The maximum Gasteiger partial charge on any atom is 0.342 e. The van der Waals surface area contributed by atoms with E-state index in [0.29, 0.717) is 12.1 Å². The molecule has 0 spiro atoms. The highest BCUT2D eigenvalue weighted by Crippen LogP contribution is 2.17. The fourth-order valence-electron chi connectivity index (χ4n) is 3.35. The third kappa shape index (κ3) is 5.67.